The Bertz CT molecular complexity index is 363. The van der Waals surface area contributed by atoms with Crippen molar-refractivity contribution in [3.63, 3.8) is 0 Å². The van der Waals surface area contributed by atoms with Gasteiger partial charge in [0, 0.05) is 6.42 Å². The van der Waals surface area contributed by atoms with Crippen LogP contribution in [0.2, 0.25) is 0 Å². The molecule has 29 heavy (non-hydrogen) atoms. The maximum atomic E-state index is 11.8. The molecule has 0 spiro atoms. The van der Waals surface area contributed by atoms with Gasteiger partial charge in [-0.05, 0) is 6.42 Å². The summed E-state index contributed by atoms with van der Waals surface area (Å²) in [5.74, 6) is -0.312. The maximum Gasteiger partial charge on any atom is 0.305 e. The zero-order valence-electron chi connectivity index (χ0n) is 18.0. The minimum atomic E-state index is -0.984. The van der Waals surface area contributed by atoms with Gasteiger partial charge in [0.05, 0.1) is 33.0 Å². The summed E-state index contributed by atoms with van der Waals surface area (Å²) in [6, 6.07) is 0. The van der Waals surface area contributed by atoms with Crippen molar-refractivity contribution < 1.29 is 39.4 Å². The van der Waals surface area contributed by atoms with Crippen LogP contribution in [-0.2, 0) is 19.0 Å². The summed E-state index contributed by atoms with van der Waals surface area (Å²) in [7, 11) is 0. The van der Waals surface area contributed by atoms with Crippen LogP contribution >= 0.6 is 0 Å². The molecule has 0 fully saturated rings. The highest BCUT2D eigenvalue weighted by molar-refractivity contribution is 5.69. The summed E-state index contributed by atoms with van der Waals surface area (Å²) in [6.45, 7) is 0.857. The fourth-order valence-electron chi connectivity index (χ4n) is 2.70. The zero-order chi connectivity index (χ0) is 21.7. The summed E-state index contributed by atoms with van der Waals surface area (Å²) in [5.41, 5.74) is 0. The molecule has 0 heterocycles. The van der Waals surface area contributed by atoms with Crippen molar-refractivity contribution in [2.45, 2.75) is 89.4 Å². The quantitative estimate of drug-likeness (QED) is 0.162. The van der Waals surface area contributed by atoms with Crippen LogP contribution in [0.3, 0.4) is 0 Å². The second-order valence-electron chi connectivity index (χ2n) is 7.37. The standard InChI is InChI=1S/C21H42O8/c1-2-3-4-5-6-7-8-9-10-11-21(26)29-17-20(14-24)28-16-18(25)15-27-19(12-22)13-23/h18-20,22-25H,2-17H2,1H3. The van der Waals surface area contributed by atoms with Gasteiger partial charge in [0.2, 0.25) is 0 Å². The van der Waals surface area contributed by atoms with Crippen molar-refractivity contribution in [1.29, 1.82) is 0 Å². The van der Waals surface area contributed by atoms with Gasteiger partial charge in [-0.15, -0.1) is 0 Å². The van der Waals surface area contributed by atoms with E-state index in [-0.39, 0.29) is 45.6 Å². The Balaban J connectivity index is 3.70. The van der Waals surface area contributed by atoms with Crippen LogP contribution in [-0.4, -0.2) is 84.3 Å². The summed E-state index contributed by atoms with van der Waals surface area (Å²) in [6.07, 6.45) is 8.49. The van der Waals surface area contributed by atoms with Crippen molar-refractivity contribution >= 4 is 5.97 Å². The Hall–Kier alpha value is -0.770. The summed E-state index contributed by atoms with van der Waals surface area (Å²) < 4.78 is 15.5. The highest BCUT2D eigenvalue weighted by atomic mass is 16.6. The number of esters is 1. The Morgan fingerprint density at radius 2 is 1.21 bits per heavy atom. The van der Waals surface area contributed by atoms with Crippen LogP contribution in [0.15, 0.2) is 0 Å². The van der Waals surface area contributed by atoms with E-state index in [0.29, 0.717) is 6.42 Å². The van der Waals surface area contributed by atoms with Crippen LogP contribution < -0.4 is 0 Å². The fourth-order valence-corrected chi connectivity index (χ4v) is 2.70. The molecular formula is C21H42O8. The zero-order valence-corrected chi connectivity index (χ0v) is 18.0. The van der Waals surface area contributed by atoms with E-state index in [4.69, 9.17) is 24.4 Å². The molecule has 0 aliphatic rings. The molecule has 0 aromatic heterocycles. The van der Waals surface area contributed by atoms with Crippen molar-refractivity contribution in [1.82, 2.24) is 0 Å². The third-order valence-corrected chi connectivity index (χ3v) is 4.57. The average Bonchev–Trinajstić information content (AvgIpc) is 2.73. The van der Waals surface area contributed by atoms with Crippen molar-refractivity contribution in [2.75, 3.05) is 39.6 Å². The third kappa shape index (κ3) is 17.8. The minimum absolute atomic E-state index is 0.0732. The van der Waals surface area contributed by atoms with Gasteiger partial charge in [0.1, 0.15) is 24.9 Å². The molecule has 0 aliphatic heterocycles. The number of aliphatic hydroxyl groups is 4. The molecule has 174 valence electrons. The first-order chi connectivity index (χ1) is 14.1. The molecule has 8 heteroatoms. The molecule has 0 aliphatic carbocycles. The van der Waals surface area contributed by atoms with Gasteiger partial charge in [-0.25, -0.2) is 0 Å². The molecule has 0 radical (unpaired) electrons. The van der Waals surface area contributed by atoms with Gasteiger partial charge in [-0.1, -0.05) is 58.3 Å². The van der Waals surface area contributed by atoms with Gasteiger partial charge >= 0.3 is 5.97 Å². The second kappa shape index (κ2) is 20.5. The molecule has 0 bridgehead atoms. The summed E-state index contributed by atoms with van der Waals surface area (Å²) in [4.78, 5) is 11.8. The minimum Gasteiger partial charge on any atom is -0.463 e. The number of ether oxygens (including phenoxy) is 3. The smallest absolute Gasteiger partial charge is 0.305 e. The normalized spacial score (nSPS) is 13.6. The van der Waals surface area contributed by atoms with Crippen LogP contribution in [0.4, 0.5) is 0 Å². The molecular weight excluding hydrogens is 380 g/mol. The van der Waals surface area contributed by atoms with Gasteiger partial charge in [-0.2, -0.15) is 0 Å². The molecule has 0 saturated carbocycles. The molecule has 0 aromatic rings. The lowest BCUT2D eigenvalue weighted by molar-refractivity contribution is -0.151. The first-order valence-electron chi connectivity index (χ1n) is 11.0. The van der Waals surface area contributed by atoms with E-state index in [1.54, 1.807) is 0 Å². The SMILES string of the molecule is CCCCCCCCCCCC(=O)OCC(CO)OCC(O)COC(CO)CO. The van der Waals surface area contributed by atoms with E-state index < -0.39 is 18.3 Å². The van der Waals surface area contributed by atoms with E-state index in [0.717, 1.165) is 19.3 Å². The number of rotatable bonds is 21. The number of carbonyl (C=O) groups is 1. The molecule has 8 nitrogen and oxygen atoms in total. The second-order valence-corrected chi connectivity index (χ2v) is 7.37. The first kappa shape index (κ1) is 28.2. The first-order valence-corrected chi connectivity index (χ1v) is 11.0. The summed E-state index contributed by atoms with van der Waals surface area (Å²) in [5, 5.41) is 36.8. The lowest BCUT2D eigenvalue weighted by Crippen LogP contribution is -2.33. The van der Waals surface area contributed by atoms with Crippen molar-refractivity contribution in [2.24, 2.45) is 0 Å². The van der Waals surface area contributed by atoms with E-state index >= 15 is 0 Å². The highest BCUT2D eigenvalue weighted by Crippen LogP contribution is 2.11. The average molecular weight is 423 g/mol. The molecule has 0 saturated heterocycles. The predicted octanol–water partition coefficient (Wildman–Crippen LogP) is 1.56. The molecule has 0 rings (SSSR count). The number of hydrogen-bond donors (Lipinski definition) is 4. The van der Waals surface area contributed by atoms with Crippen molar-refractivity contribution in [3.05, 3.63) is 0 Å². The Morgan fingerprint density at radius 3 is 1.72 bits per heavy atom. The van der Waals surface area contributed by atoms with Gasteiger partial charge < -0.3 is 34.6 Å². The van der Waals surface area contributed by atoms with E-state index in [1.165, 1.54) is 38.5 Å². The number of hydrogen-bond acceptors (Lipinski definition) is 8. The topological polar surface area (TPSA) is 126 Å². The Kier molecular flexibility index (Phi) is 20.0. The fraction of sp³-hybridized carbons (Fsp3) is 0.952. The van der Waals surface area contributed by atoms with Gasteiger partial charge in [-0.3, -0.25) is 4.79 Å². The number of unbranched alkanes of at least 4 members (excludes halogenated alkanes) is 8. The van der Waals surface area contributed by atoms with Gasteiger partial charge in [0.15, 0.2) is 0 Å². The van der Waals surface area contributed by atoms with Crippen LogP contribution in [0.1, 0.15) is 71.1 Å². The lowest BCUT2D eigenvalue weighted by Gasteiger charge is -2.19. The van der Waals surface area contributed by atoms with Crippen molar-refractivity contribution in [3.8, 4) is 0 Å². The van der Waals surface area contributed by atoms with E-state index in [1.807, 2.05) is 0 Å². The molecule has 0 aromatic carbocycles. The Labute approximate surface area is 175 Å². The third-order valence-electron chi connectivity index (χ3n) is 4.57. The molecule has 2 unspecified atom stereocenters. The van der Waals surface area contributed by atoms with Gasteiger partial charge in [0.25, 0.3) is 0 Å². The van der Waals surface area contributed by atoms with E-state index in [2.05, 4.69) is 6.92 Å². The lowest BCUT2D eigenvalue weighted by atomic mass is 10.1. The van der Waals surface area contributed by atoms with Crippen LogP contribution in [0.25, 0.3) is 0 Å². The van der Waals surface area contributed by atoms with E-state index in [9.17, 15) is 15.0 Å². The molecule has 2 atom stereocenters. The maximum absolute atomic E-state index is 11.8. The van der Waals surface area contributed by atoms with Crippen LogP contribution in [0, 0.1) is 0 Å². The number of carbonyl (C=O) groups excluding carboxylic acids is 1. The molecule has 0 amide bonds. The highest BCUT2D eigenvalue weighted by Gasteiger charge is 2.16. The summed E-state index contributed by atoms with van der Waals surface area (Å²) >= 11 is 0. The monoisotopic (exact) mass is 422 g/mol. The molecule has 4 N–H and O–H groups in total. The van der Waals surface area contributed by atoms with Crippen LogP contribution in [0.5, 0.6) is 0 Å². The largest absolute Gasteiger partial charge is 0.463 e. The number of aliphatic hydroxyl groups excluding tert-OH is 4. The predicted molar refractivity (Wildman–Crippen MR) is 110 cm³/mol. The Morgan fingerprint density at radius 1 is 0.724 bits per heavy atom.